The van der Waals surface area contributed by atoms with Crippen molar-refractivity contribution in [1.82, 2.24) is 27.4 Å². The molecule has 0 saturated heterocycles. The molecule has 0 spiro atoms. The molecule has 0 amide bonds. The highest BCUT2D eigenvalue weighted by Crippen LogP contribution is 2.46. The summed E-state index contributed by atoms with van der Waals surface area (Å²) in [5.74, 6) is -1.54. The molecule has 14 aromatic carbocycles. The van der Waals surface area contributed by atoms with Crippen molar-refractivity contribution in [3.8, 4) is 51.3 Å². The van der Waals surface area contributed by atoms with Crippen LogP contribution in [0.1, 0.15) is 5.56 Å². The Bertz CT molecular complexity index is 6160. The number of rotatable bonds is 7. The van der Waals surface area contributed by atoms with Gasteiger partial charge in [-0.3, -0.25) is 0 Å². The smallest absolute Gasteiger partial charge is 0.134 e. The van der Waals surface area contributed by atoms with Crippen molar-refractivity contribution in [3.05, 3.63) is 314 Å². The molecule has 20 rings (SSSR count). The Morgan fingerprint density at radius 2 is 0.457 bits per heavy atom. The standard InChI is InChI=1S/C85H49F2N7/c86-69-26-17-27-70(87)85(69)64-49-84(94-81-42-38-54(91-75-32-13-5-22-60(75)61-23-6-14-33-76(61)91)47-67(81)68-48-55(39-43-82(68)94)92-77-34-15-7-24-62(77)63-25-8-16-35-78(63)92)83(44-51(64)50-88)93-79-40-36-52(89-71-28-9-1-18-56(71)57-19-2-10-29-72(57)89)45-65(79)66-46-53(37-41-80(66)93)90-73-30-11-3-20-58(73)59-21-4-12-31-74(59)90/h1-49H. The Morgan fingerprint density at radius 3 is 0.713 bits per heavy atom. The van der Waals surface area contributed by atoms with Crippen LogP contribution in [-0.2, 0) is 0 Å². The predicted molar refractivity (Wildman–Crippen MR) is 383 cm³/mol. The third kappa shape index (κ3) is 7.22. The zero-order valence-corrected chi connectivity index (χ0v) is 50.2. The molecule has 0 aliphatic carbocycles. The van der Waals surface area contributed by atoms with Gasteiger partial charge in [-0.05, 0) is 146 Å². The topological polar surface area (TPSA) is 53.4 Å². The van der Waals surface area contributed by atoms with Gasteiger partial charge in [0, 0.05) is 92.9 Å². The Hall–Kier alpha value is -12.8. The fourth-order valence-corrected chi connectivity index (χ4v) is 15.9. The quantitative estimate of drug-likeness (QED) is 0.157. The summed E-state index contributed by atoms with van der Waals surface area (Å²) >= 11 is 0. The molecule has 0 radical (unpaired) electrons. The lowest BCUT2D eigenvalue weighted by molar-refractivity contribution is 0.589. The number of para-hydroxylation sites is 8. The summed E-state index contributed by atoms with van der Waals surface area (Å²) in [6.07, 6.45) is 0. The van der Waals surface area contributed by atoms with E-state index < -0.39 is 11.6 Å². The number of halogens is 2. The van der Waals surface area contributed by atoms with Gasteiger partial charge in [0.25, 0.3) is 0 Å². The number of aromatic nitrogens is 6. The van der Waals surface area contributed by atoms with E-state index >= 15 is 8.78 Å². The SMILES string of the molecule is N#Cc1cc(-n2c3ccc(-n4c5ccccc5c5ccccc54)cc3c3cc(-n4c5ccccc5c5ccccc54)ccc32)c(-n2c3ccc(-n4c5ccccc5c5ccccc54)cc3c3cc(-n4c5ccccc5c5ccccc54)ccc32)cc1-c1c(F)cccc1F. The first-order valence-corrected chi connectivity index (χ1v) is 31.6. The molecule has 6 heterocycles. The minimum atomic E-state index is -0.768. The lowest BCUT2D eigenvalue weighted by Gasteiger charge is -2.20. The molecule has 0 N–H and O–H groups in total. The van der Waals surface area contributed by atoms with Crippen molar-refractivity contribution < 1.29 is 8.78 Å². The van der Waals surface area contributed by atoms with E-state index in [9.17, 15) is 5.26 Å². The third-order valence-electron chi connectivity index (χ3n) is 19.8. The van der Waals surface area contributed by atoms with Crippen LogP contribution in [0.15, 0.2) is 297 Å². The van der Waals surface area contributed by atoms with Gasteiger partial charge in [0.15, 0.2) is 0 Å². The van der Waals surface area contributed by atoms with Crippen LogP contribution in [0.3, 0.4) is 0 Å². The first-order valence-electron chi connectivity index (χ1n) is 31.6. The highest BCUT2D eigenvalue weighted by atomic mass is 19.1. The van der Waals surface area contributed by atoms with Crippen LogP contribution >= 0.6 is 0 Å². The van der Waals surface area contributed by atoms with Crippen LogP contribution in [0, 0.1) is 23.0 Å². The maximum absolute atomic E-state index is 16.8. The van der Waals surface area contributed by atoms with Gasteiger partial charge in [-0.25, -0.2) is 8.78 Å². The number of nitriles is 1. The number of benzene rings is 14. The molecule has 94 heavy (non-hydrogen) atoms. The maximum atomic E-state index is 16.8. The summed E-state index contributed by atoms with van der Waals surface area (Å²) in [6, 6.07) is 105. The fourth-order valence-electron chi connectivity index (χ4n) is 15.9. The van der Waals surface area contributed by atoms with Crippen LogP contribution in [0.2, 0.25) is 0 Å². The molecule has 20 aromatic rings. The molecular weight excluding hydrogens is 1160 g/mol. The molecule has 7 nitrogen and oxygen atoms in total. The number of fused-ring (bicyclic) bond motifs is 18. The molecular formula is C85H49F2N7. The van der Waals surface area contributed by atoms with E-state index in [1.54, 1.807) is 0 Å². The van der Waals surface area contributed by atoms with Crippen molar-refractivity contribution in [1.29, 1.82) is 5.26 Å². The van der Waals surface area contributed by atoms with Crippen LogP contribution < -0.4 is 0 Å². The van der Waals surface area contributed by atoms with Gasteiger partial charge in [0.1, 0.15) is 11.6 Å². The Morgan fingerprint density at radius 1 is 0.223 bits per heavy atom. The highest BCUT2D eigenvalue weighted by molar-refractivity contribution is 6.17. The highest BCUT2D eigenvalue weighted by Gasteiger charge is 2.27. The van der Waals surface area contributed by atoms with Crippen molar-refractivity contribution in [2.45, 2.75) is 0 Å². The van der Waals surface area contributed by atoms with Crippen LogP contribution in [-0.4, -0.2) is 27.4 Å². The van der Waals surface area contributed by atoms with Gasteiger partial charge < -0.3 is 27.4 Å². The van der Waals surface area contributed by atoms with E-state index in [2.05, 4.69) is 300 Å². The van der Waals surface area contributed by atoms with E-state index in [4.69, 9.17) is 0 Å². The minimum absolute atomic E-state index is 0.115. The van der Waals surface area contributed by atoms with Crippen LogP contribution in [0.25, 0.3) is 176 Å². The van der Waals surface area contributed by atoms with Crippen LogP contribution in [0.5, 0.6) is 0 Å². The Labute approximate surface area is 535 Å². The second kappa shape index (κ2) is 19.6. The molecule has 0 bridgehead atoms. The number of hydrogen-bond donors (Lipinski definition) is 0. The van der Waals surface area contributed by atoms with Gasteiger partial charge in [-0.15, -0.1) is 0 Å². The fraction of sp³-hybridized carbons (Fsp3) is 0. The lowest BCUT2D eigenvalue weighted by Crippen LogP contribution is -2.06. The average Bonchev–Trinajstić information content (AvgIpc) is 1.54. The van der Waals surface area contributed by atoms with Gasteiger partial charge in [-0.2, -0.15) is 5.26 Å². The third-order valence-corrected chi connectivity index (χ3v) is 19.8. The van der Waals surface area contributed by atoms with Crippen molar-refractivity contribution >= 4 is 131 Å². The molecule has 0 aliphatic rings. The van der Waals surface area contributed by atoms with Gasteiger partial charge >= 0.3 is 0 Å². The van der Waals surface area contributed by atoms with E-state index in [1.807, 2.05) is 12.1 Å². The summed E-state index contributed by atoms with van der Waals surface area (Å²) in [4.78, 5) is 0. The second-order valence-corrected chi connectivity index (χ2v) is 24.6. The van der Waals surface area contributed by atoms with E-state index in [-0.39, 0.29) is 16.7 Å². The summed E-state index contributed by atoms with van der Waals surface area (Å²) in [7, 11) is 0. The normalized spacial score (nSPS) is 12.1. The summed E-state index contributed by atoms with van der Waals surface area (Å²) in [5, 5.41) is 24.6. The second-order valence-electron chi connectivity index (χ2n) is 24.6. The Kier molecular flexibility index (Phi) is 10.9. The monoisotopic (exact) mass is 1210 g/mol. The number of nitrogens with zero attached hydrogens (tertiary/aromatic N) is 7. The minimum Gasteiger partial charge on any atom is -0.309 e. The maximum Gasteiger partial charge on any atom is 0.134 e. The van der Waals surface area contributed by atoms with E-state index in [0.717, 1.165) is 154 Å². The van der Waals surface area contributed by atoms with Crippen molar-refractivity contribution in [2.75, 3.05) is 0 Å². The van der Waals surface area contributed by atoms with Crippen LogP contribution in [0.4, 0.5) is 8.78 Å². The Balaban J connectivity index is 0.921. The summed E-state index contributed by atoms with van der Waals surface area (Å²) < 4.78 is 47.4. The summed E-state index contributed by atoms with van der Waals surface area (Å²) in [6.45, 7) is 0. The first kappa shape index (κ1) is 52.0. The lowest BCUT2D eigenvalue weighted by atomic mass is 9.97. The molecule has 6 aromatic heterocycles. The zero-order valence-electron chi connectivity index (χ0n) is 50.2. The molecule has 0 saturated carbocycles. The van der Waals surface area contributed by atoms with Gasteiger partial charge in [-0.1, -0.05) is 152 Å². The molecule has 0 aliphatic heterocycles. The average molecular weight is 1210 g/mol. The van der Waals surface area contributed by atoms with E-state index in [0.29, 0.717) is 11.4 Å². The molecule has 0 fully saturated rings. The first-order chi connectivity index (χ1) is 46.5. The number of hydrogen-bond acceptors (Lipinski definition) is 1. The zero-order chi connectivity index (χ0) is 62.0. The van der Waals surface area contributed by atoms with Gasteiger partial charge in [0.2, 0.25) is 0 Å². The molecule has 0 atom stereocenters. The summed E-state index contributed by atoms with van der Waals surface area (Å²) in [5.41, 5.74) is 17.3. The van der Waals surface area contributed by atoms with Crippen molar-refractivity contribution in [3.63, 3.8) is 0 Å². The van der Waals surface area contributed by atoms with E-state index in [1.165, 1.54) is 18.2 Å². The largest absolute Gasteiger partial charge is 0.309 e. The van der Waals surface area contributed by atoms with Gasteiger partial charge in [0.05, 0.1) is 94.8 Å². The molecule has 438 valence electrons. The molecule has 0 unspecified atom stereocenters. The molecule has 9 heteroatoms. The van der Waals surface area contributed by atoms with Crippen molar-refractivity contribution in [2.24, 2.45) is 0 Å². The predicted octanol–water partition coefficient (Wildman–Crippen LogP) is 22.1.